The van der Waals surface area contributed by atoms with Crippen LogP contribution in [0.1, 0.15) is 50.2 Å². The summed E-state index contributed by atoms with van der Waals surface area (Å²) in [6.45, 7) is 5.71. The predicted octanol–water partition coefficient (Wildman–Crippen LogP) is 4.29. The fraction of sp³-hybridized carbons (Fsp3) is 0.417. The Morgan fingerprint density at radius 3 is 2.37 bits per heavy atom. The molecule has 1 unspecified atom stereocenters. The highest BCUT2D eigenvalue weighted by atomic mass is 16.5. The number of hydrogen-bond acceptors (Lipinski definition) is 3. The number of benzene rings is 2. The number of hydrogen-bond donors (Lipinski definition) is 3. The average Bonchev–Trinajstić information content (AvgIpc) is 2.77. The van der Waals surface area contributed by atoms with Crippen LogP contribution < -0.4 is 20.7 Å². The fourth-order valence-corrected chi connectivity index (χ4v) is 3.07. The van der Waals surface area contributed by atoms with Crippen LogP contribution in [0.3, 0.4) is 0 Å². The molecule has 2 aromatic carbocycles. The molecule has 30 heavy (non-hydrogen) atoms. The van der Waals surface area contributed by atoms with Gasteiger partial charge in [-0.2, -0.15) is 0 Å². The molecule has 2 rings (SSSR count). The highest BCUT2D eigenvalue weighted by Crippen LogP contribution is 2.21. The van der Waals surface area contributed by atoms with Crippen molar-refractivity contribution in [1.29, 1.82) is 0 Å². The van der Waals surface area contributed by atoms with Crippen molar-refractivity contribution in [3.8, 4) is 5.75 Å². The van der Waals surface area contributed by atoms with Crippen LogP contribution in [0.25, 0.3) is 0 Å². The normalized spacial score (nSPS) is 12.2. The molecule has 3 N–H and O–H groups in total. The molecule has 0 aliphatic rings. The van der Waals surface area contributed by atoms with E-state index < -0.39 is 0 Å². The number of guanidine groups is 1. The van der Waals surface area contributed by atoms with Crippen molar-refractivity contribution in [1.82, 2.24) is 10.6 Å². The van der Waals surface area contributed by atoms with E-state index in [1.165, 1.54) is 5.56 Å². The summed E-state index contributed by atoms with van der Waals surface area (Å²) in [5.41, 5.74) is 3.25. The van der Waals surface area contributed by atoms with Crippen LogP contribution in [0.2, 0.25) is 0 Å². The Labute approximate surface area is 180 Å². The number of amides is 1. The van der Waals surface area contributed by atoms with Crippen molar-refractivity contribution < 1.29 is 9.53 Å². The molecule has 6 nitrogen and oxygen atoms in total. The topological polar surface area (TPSA) is 74.8 Å². The van der Waals surface area contributed by atoms with Gasteiger partial charge >= 0.3 is 0 Å². The van der Waals surface area contributed by atoms with Crippen LogP contribution in [-0.4, -0.2) is 32.6 Å². The SMILES string of the molecule is CCCC(=O)Nc1ccc(CNC(=NC)NCCC(C)c2ccc(OC)cc2)cc1. The summed E-state index contributed by atoms with van der Waals surface area (Å²) in [4.78, 5) is 16.0. The number of carbonyl (C=O) groups excluding carboxylic acids is 1. The second-order valence-corrected chi connectivity index (χ2v) is 7.31. The van der Waals surface area contributed by atoms with Crippen molar-refractivity contribution in [2.24, 2.45) is 4.99 Å². The molecule has 0 aromatic heterocycles. The number of nitrogens with one attached hydrogen (secondary N) is 3. The summed E-state index contributed by atoms with van der Waals surface area (Å²) >= 11 is 0. The number of methoxy groups -OCH3 is 1. The molecule has 162 valence electrons. The van der Waals surface area contributed by atoms with Gasteiger partial charge in [-0.25, -0.2) is 0 Å². The molecule has 2 aromatic rings. The van der Waals surface area contributed by atoms with Gasteiger partial charge in [-0.15, -0.1) is 0 Å². The van der Waals surface area contributed by atoms with Gasteiger partial charge in [0.2, 0.25) is 5.91 Å². The Balaban J connectivity index is 1.74. The van der Waals surface area contributed by atoms with Crippen LogP contribution in [0, 0.1) is 0 Å². The minimum Gasteiger partial charge on any atom is -0.497 e. The molecule has 1 amide bonds. The maximum atomic E-state index is 11.7. The highest BCUT2D eigenvalue weighted by molar-refractivity contribution is 5.90. The van der Waals surface area contributed by atoms with Gasteiger partial charge in [0, 0.05) is 32.2 Å². The maximum Gasteiger partial charge on any atom is 0.224 e. The van der Waals surface area contributed by atoms with Crippen LogP contribution in [0.15, 0.2) is 53.5 Å². The third kappa shape index (κ3) is 7.78. The first-order chi connectivity index (χ1) is 14.5. The molecule has 0 aliphatic heterocycles. The van der Waals surface area contributed by atoms with Gasteiger partial charge in [-0.3, -0.25) is 9.79 Å². The zero-order valence-corrected chi connectivity index (χ0v) is 18.5. The third-order valence-corrected chi connectivity index (χ3v) is 4.95. The second kappa shape index (κ2) is 12.5. The minimum absolute atomic E-state index is 0.0526. The van der Waals surface area contributed by atoms with E-state index in [9.17, 15) is 4.79 Å². The standard InChI is InChI=1S/C24H34N4O2/c1-5-6-23(29)28-21-11-7-19(8-12-21)17-27-24(25-3)26-16-15-18(2)20-9-13-22(30-4)14-10-20/h7-14,18H,5-6,15-17H2,1-4H3,(H,28,29)(H2,25,26,27). The third-order valence-electron chi connectivity index (χ3n) is 4.95. The van der Waals surface area contributed by atoms with Gasteiger partial charge in [-0.1, -0.05) is 38.1 Å². The fourth-order valence-electron chi connectivity index (χ4n) is 3.07. The largest absolute Gasteiger partial charge is 0.497 e. The van der Waals surface area contributed by atoms with Crippen molar-refractivity contribution >= 4 is 17.6 Å². The molecule has 0 aliphatic carbocycles. The van der Waals surface area contributed by atoms with Crippen LogP contribution in [0.4, 0.5) is 5.69 Å². The van der Waals surface area contributed by atoms with E-state index in [1.807, 2.05) is 43.3 Å². The first-order valence-electron chi connectivity index (χ1n) is 10.5. The van der Waals surface area contributed by atoms with E-state index in [4.69, 9.17) is 4.74 Å². The van der Waals surface area contributed by atoms with Gasteiger partial charge in [0.1, 0.15) is 5.75 Å². The molecule has 0 bridgehead atoms. The number of aliphatic imine (C=N–C) groups is 1. The maximum absolute atomic E-state index is 11.7. The number of ether oxygens (including phenoxy) is 1. The summed E-state index contributed by atoms with van der Waals surface area (Å²) in [5.74, 6) is 2.15. The highest BCUT2D eigenvalue weighted by Gasteiger charge is 2.07. The summed E-state index contributed by atoms with van der Waals surface area (Å²) < 4.78 is 5.22. The Kier molecular flexibility index (Phi) is 9.71. The average molecular weight is 411 g/mol. The first-order valence-corrected chi connectivity index (χ1v) is 10.5. The monoisotopic (exact) mass is 410 g/mol. The van der Waals surface area contributed by atoms with E-state index in [0.29, 0.717) is 18.9 Å². The summed E-state index contributed by atoms with van der Waals surface area (Å²) in [5, 5.41) is 9.60. The van der Waals surface area contributed by atoms with Crippen molar-refractivity contribution in [2.75, 3.05) is 26.0 Å². The zero-order valence-electron chi connectivity index (χ0n) is 18.5. The van der Waals surface area contributed by atoms with E-state index >= 15 is 0 Å². The summed E-state index contributed by atoms with van der Waals surface area (Å²) in [7, 11) is 3.45. The lowest BCUT2D eigenvalue weighted by molar-refractivity contribution is -0.116. The van der Waals surface area contributed by atoms with Crippen molar-refractivity contribution in [2.45, 2.75) is 45.6 Å². The lowest BCUT2D eigenvalue weighted by Gasteiger charge is -2.16. The number of nitrogens with zero attached hydrogens (tertiary/aromatic N) is 1. The summed E-state index contributed by atoms with van der Waals surface area (Å²) in [6.07, 6.45) is 2.39. The van der Waals surface area contributed by atoms with Gasteiger partial charge in [0.25, 0.3) is 0 Å². The smallest absolute Gasteiger partial charge is 0.224 e. The molecule has 0 spiro atoms. The van der Waals surface area contributed by atoms with Gasteiger partial charge < -0.3 is 20.7 Å². The molecule has 6 heteroatoms. The molecular weight excluding hydrogens is 376 g/mol. The van der Waals surface area contributed by atoms with Crippen LogP contribution >= 0.6 is 0 Å². The Morgan fingerprint density at radius 1 is 1.07 bits per heavy atom. The number of carbonyl (C=O) groups is 1. The Morgan fingerprint density at radius 2 is 1.77 bits per heavy atom. The molecule has 1 atom stereocenters. The van der Waals surface area contributed by atoms with E-state index in [1.54, 1.807) is 14.2 Å². The lowest BCUT2D eigenvalue weighted by atomic mass is 9.98. The summed E-state index contributed by atoms with van der Waals surface area (Å²) in [6, 6.07) is 16.1. The molecule has 0 heterocycles. The molecule has 0 fully saturated rings. The predicted molar refractivity (Wildman–Crippen MR) is 124 cm³/mol. The molecular formula is C24H34N4O2. The molecule has 0 radical (unpaired) electrons. The van der Waals surface area contributed by atoms with Gasteiger partial charge in [0.15, 0.2) is 5.96 Å². The lowest BCUT2D eigenvalue weighted by Crippen LogP contribution is -2.37. The zero-order chi connectivity index (χ0) is 21.8. The number of rotatable bonds is 10. The van der Waals surface area contributed by atoms with Crippen molar-refractivity contribution in [3.05, 3.63) is 59.7 Å². The van der Waals surface area contributed by atoms with E-state index in [0.717, 1.165) is 42.3 Å². The van der Waals surface area contributed by atoms with Crippen LogP contribution in [0.5, 0.6) is 5.75 Å². The van der Waals surface area contributed by atoms with Gasteiger partial charge in [-0.05, 0) is 54.2 Å². The quantitative estimate of drug-likeness (QED) is 0.403. The molecule has 0 saturated heterocycles. The minimum atomic E-state index is 0.0526. The van der Waals surface area contributed by atoms with Crippen molar-refractivity contribution in [3.63, 3.8) is 0 Å². The second-order valence-electron chi connectivity index (χ2n) is 7.31. The Bertz CT molecular complexity index is 801. The Hall–Kier alpha value is -3.02. The first kappa shape index (κ1) is 23.3. The molecule has 0 saturated carbocycles. The van der Waals surface area contributed by atoms with E-state index in [2.05, 4.69) is 40.0 Å². The van der Waals surface area contributed by atoms with Gasteiger partial charge in [0.05, 0.1) is 7.11 Å². The number of anilines is 1. The van der Waals surface area contributed by atoms with E-state index in [-0.39, 0.29) is 5.91 Å². The van der Waals surface area contributed by atoms with Crippen LogP contribution in [-0.2, 0) is 11.3 Å².